The normalized spacial score (nSPS) is 11.8. The number of alkyl halides is 1. The Balaban J connectivity index is 2.20. The van der Waals surface area contributed by atoms with Gasteiger partial charge in [-0.25, -0.2) is 13.1 Å². The lowest BCUT2D eigenvalue weighted by molar-refractivity contribution is 0.377. The number of nitrogens with one attached hydrogen (secondary N) is 1. The predicted molar refractivity (Wildman–Crippen MR) is 59.7 cm³/mol. The molecular weight excluding hydrogens is 254 g/mol. The van der Waals surface area contributed by atoms with Crippen LogP contribution in [0.25, 0.3) is 0 Å². The highest BCUT2D eigenvalue weighted by atomic mass is 35.5. The quantitative estimate of drug-likeness (QED) is 0.549. The van der Waals surface area contributed by atoms with E-state index < -0.39 is 10.0 Å². The second-order valence-corrected chi connectivity index (χ2v) is 5.50. The average Bonchev–Trinajstić information content (AvgIpc) is 2.70. The predicted octanol–water partition coefficient (Wildman–Crippen LogP) is 0.550. The molecule has 0 atom stereocenters. The van der Waals surface area contributed by atoms with Gasteiger partial charge in [0, 0.05) is 18.8 Å². The molecule has 0 unspecified atom stereocenters. The minimum Gasteiger partial charge on any atom is -0.340 e. The van der Waals surface area contributed by atoms with E-state index in [1.54, 1.807) is 0 Å². The number of sulfonamides is 1. The zero-order chi connectivity index (χ0) is 11.9. The second-order valence-electron chi connectivity index (χ2n) is 3.19. The second kappa shape index (κ2) is 6.82. The molecule has 1 heterocycles. The topological polar surface area (TPSA) is 85.1 Å². The summed E-state index contributed by atoms with van der Waals surface area (Å²) < 4.78 is 30.0. The van der Waals surface area contributed by atoms with Crippen molar-refractivity contribution in [2.45, 2.75) is 19.3 Å². The minimum atomic E-state index is -3.21. The van der Waals surface area contributed by atoms with Crippen molar-refractivity contribution >= 4 is 21.6 Å². The summed E-state index contributed by atoms with van der Waals surface area (Å²) in [5, 5.41) is 3.42. The Kier molecular flexibility index (Phi) is 5.72. The smallest absolute Gasteiger partial charge is 0.227 e. The third-order valence-corrected chi connectivity index (χ3v) is 3.60. The zero-order valence-electron chi connectivity index (χ0n) is 8.73. The fourth-order valence-electron chi connectivity index (χ4n) is 1.08. The summed E-state index contributed by atoms with van der Waals surface area (Å²) in [5.41, 5.74) is 0. The van der Waals surface area contributed by atoms with Crippen LogP contribution in [0, 0.1) is 0 Å². The van der Waals surface area contributed by atoms with Crippen molar-refractivity contribution in [3.05, 3.63) is 12.2 Å². The lowest BCUT2D eigenvalue weighted by Crippen LogP contribution is -2.28. The first-order valence-electron chi connectivity index (χ1n) is 4.93. The molecule has 0 bridgehead atoms. The Labute approximate surface area is 99.4 Å². The van der Waals surface area contributed by atoms with Crippen LogP contribution in [0.1, 0.15) is 18.7 Å². The minimum absolute atomic E-state index is 0.101. The van der Waals surface area contributed by atoms with Gasteiger partial charge in [-0.05, 0) is 12.8 Å². The molecule has 1 rings (SSSR count). The van der Waals surface area contributed by atoms with E-state index >= 15 is 0 Å². The molecule has 0 aliphatic carbocycles. The number of nitrogens with zero attached hydrogens (tertiary/aromatic N) is 2. The highest BCUT2D eigenvalue weighted by Crippen LogP contribution is 1.97. The van der Waals surface area contributed by atoms with Gasteiger partial charge in [-0.3, -0.25) is 0 Å². The summed E-state index contributed by atoms with van der Waals surface area (Å²) >= 11 is 5.46. The molecule has 0 amide bonds. The Morgan fingerprint density at radius 1 is 1.44 bits per heavy atom. The molecule has 0 saturated heterocycles. The van der Waals surface area contributed by atoms with Crippen LogP contribution in [0.3, 0.4) is 0 Å². The summed E-state index contributed by atoms with van der Waals surface area (Å²) in [4.78, 5) is 3.78. The average molecular weight is 268 g/mol. The van der Waals surface area contributed by atoms with Gasteiger partial charge < -0.3 is 4.52 Å². The molecule has 0 aliphatic heterocycles. The van der Waals surface area contributed by atoms with Gasteiger partial charge >= 0.3 is 0 Å². The molecule has 16 heavy (non-hydrogen) atoms. The van der Waals surface area contributed by atoms with Gasteiger partial charge in [0.2, 0.25) is 15.9 Å². The molecule has 92 valence electrons. The van der Waals surface area contributed by atoms with E-state index in [4.69, 9.17) is 16.1 Å². The maximum Gasteiger partial charge on any atom is 0.227 e. The van der Waals surface area contributed by atoms with E-state index in [-0.39, 0.29) is 12.3 Å². The van der Waals surface area contributed by atoms with Crippen LogP contribution in [0.15, 0.2) is 10.9 Å². The summed E-state index contributed by atoms with van der Waals surface area (Å²) in [5.74, 6) is 1.00. The number of aromatic nitrogens is 2. The number of rotatable bonds is 8. The number of hydrogen-bond acceptors (Lipinski definition) is 5. The highest BCUT2D eigenvalue weighted by molar-refractivity contribution is 7.89. The van der Waals surface area contributed by atoms with Crippen molar-refractivity contribution in [2.75, 3.05) is 18.2 Å². The van der Waals surface area contributed by atoms with Crippen LogP contribution in [0.5, 0.6) is 0 Å². The van der Waals surface area contributed by atoms with E-state index in [0.29, 0.717) is 31.0 Å². The van der Waals surface area contributed by atoms with Crippen molar-refractivity contribution < 1.29 is 12.9 Å². The van der Waals surface area contributed by atoms with E-state index in [2.05, 4.69) is 14.9 Å². The lowest BCUT2D eigenvalue weighted by Gasteiger charge is -2.04. The highest BCUT2D eigenvalue weighted by Gasteiger charge is 2.09. The molecule has 1 aromatic rings. The molecule has 8 heteroatoms. The SMILES string of the molecule is O=S(=O)(CCCCCl)NCCc1ncno1. The van der Waals surface area contributed by atoms with Crippen molar-refractivity contribution in [1.29, 1.82) is 0 Å². The van der Waals surface area contributed by atoms with Gasteiger partial charge in [-0.15, -0.1) is 11.6 Å². The Morgan fingerprint density at radius 3 is 2.88 bits per heavy atom. The van der Waals surface area contributed by atoms with Crippen molar-refractivity contribution in [1.82, 2.24) is 14.9 Å². The van der Waals surface area contributed by atoms with Crippen LogP contribution < -0.4 is 4.72 Å². The molecular formula is C8H14ClN3O3S. The van der Waals surface area contributed by atoms with Crippen LogP contribution >= 0.6 is 11.6 Å². The zero-order valence-corrected chi connectivity index (χ0v) is 10.3. The first-order valence-corrected chi connectivity index (χ1v) is 7.11. The summed E-state index contributed by atoms with van der Waals surface area (Å²) in [6, 6.07) is 0. The van der Waals surface area contributed by atoms with Crippen LogP contribution in [0.2, 0.25) is 0 Å². The third kappa shape index (κ3) is 5.43. The van der Waals surface area contributed by atoms with Crippen molar-refractivity contribution in [2.24, 2.45) is 0 Å². The van der Waals surface area contributed by atoms with Gasteiger partial charge in [0.15, 0.2) is 6.33 Å². The molecule has 6 nitrogen and oxygen atoms in total. The maximum atomic E-state index is 11.4. The Hall–Kier alpha value is -0.660. The molecule has 0 fully saturated rings. The van der Waals surface area contributed by atoms with Gasteiger partial charge in [-0.2, -0.15) is 4.98 Å². The Morgan fingerprint density at radius 2 is 2.25 bits per heavy atom. The molecule has 1 N–H and O–H groups in total. The summed E-state index contributed by atoms with van der Waals surface area (Å²) in [6.07, 6.45) is 2.95. The Bertz CT molecular complexity index is 379. The maximum absolute atomic E-state index is 11.4. The van der Waals surface area contributed by atoms with Crippen LogP contribution in [-0.2, 0) is 16.4 Å². The fourth-order valence-corrected chi connectivity index (χ4v) is 2.41. The number of unbranched alkanes of at least 4 members (excludes halogenated alkanes) is 1. The standard InChI is InChI=1S/C8H14ClN3O3S/c9-4-1-2-6-16(13,14)12-5-3-8-10-7-11-15-8/h7,12H,1-6H2. The van der Waals surface area contributed by atoms with Gasteiger partial charge in [0.1, 0.15) is 0 Å². The molecule has 0 saturated carbocycles. The molecule has 0 aromatic carbocycles. The van der Waals surface area contributed by atoms with E-state index in [1.807, 2.05) is 0 Å². The van der Waals surface area contributed by atoms with Crippen molar-refractivity contribution in [3.63, 3.8) is 0 Å². The number of halogens is 1. The van der Waals surface area contributed by atoms with Crippen LogP contribution in [-0.4, -0.2) is 36.7 Å². The third-order valence-electron chi connectivity index (χ3n) is 1.86. The van der Waals surface area contributed by atoms with E-state index in [0.717, 1.165) is 0 Å². The van der Waals surface area contributed by atoms with Gasteiger partial charge in [0.25, 0.3) is 0 Å². The molecule has 0 aliphatic rings. The largest absolute Gasteiger partial charge is 0.340 e. The summed E-state index contributed by atoms with van der Waals surface area (Å²) in [6.45, 7) is 0.269. The number of hydrogen-bond donors (Lipinski definition) is 1. The van der Waals surface area contributed by atoms with Crippen molar-refractivity contribution in [3.8, 4) is 0 Å². The van der Waals surface area contributed by atoms with E-state index in [1.165, 1.54) is 6.33 Å². The lowest BCUT2D eigenvalue weighted by atomic mass is 10.4. The summed E-state index contributed by atoms with van der Waals surface area (Å²) in [7, 11) is -3.21. The van der Waals surface area contributed by atoms with Gasteiger partial charge in [0.05, 0.1) is 5.75 Å². The monoisotopic (exact) mass is 267 g/mol. The van der Waals surface area contributed by atoms with E-state index in [9.17, 15) is 8.42 Å². The fraction of sp³-hybridized carbons (Fsp3) is 0.750. The molecule has 0 radical (unpaired) electrons. The first kappa shape index (κ1) is 13.4. The first-order chi connectivity index (χ1) is 7.64. The van der Waals surface area contributed by atoms with Crippen LogP contribution in [0.4, 0.5) is 0 Å². The molecule has 1 aromatic heterocycles. The molecule has 0 spiro atoms. The van der Waals surface area contributed by atoms with Gasteiger partial charge in [-0.1, -0.05) is 5.16 Å².